The molecule has 0 aliphatic carbocycles. The minimum Gasteiger partial charge on any atom is -0.338 e. The number of hydrogen-bond donors (Lipinski definition) is 0. The average Bonchev–Trinajstić information content (AvgIpc) is 2.20. The Hall–Kier alpha value is -0.900. The molecule has 0 N–H and O–H groups in total. The molecule has 2 nitrogen and oxygen atoms in total. The molecule has 1 amide bonds. The van der Waals surface area contributed by atoms with E-state index in [0.717, 1.165) is 24.9 Å². The van der Waals surface area contributed by atoms with Crippen LogP contribution in [0, 0.1) is 5.82 Å². The number of nitrogens with zero attached hydrogens (tertiary/aromatic N) is 1. The number of hydrogen-bond acceptors (Lipinski definition) is 1. The van der Waals surface area contributed by atoms with E-state index in [4.69, 9.17) is 0 Å². The standard InChI is InChI=1S/C12H13BrFNO/c13-10-5-9(6-11(14)7-10)8-15-4-2-1-3-12(15)16/h5-7H,1-4,8H2. The molecule has 2 rings (SSSR count). The van der Waals surface area contributed by atoms with Crippen molar-refractivity contribution in [2.45, 2.75) is 25.8 Å². The van der Waals surface area contributed by atoms with Gasteiger partial charge in [-0.05, 0) is 36.6 Å². The molecular formula is C12H13BrFNO. The smallest absolute Gasteiger partial charge is 0.222 e. The van der Waals surface area contributed by atoms with E-state index in [-0.39, 0.29) is 11.7 Å². The van der Waals surface area contributed by atoms with Crippen LogP contribution in [0.5, 0.6) is 0 Å². The molecular weight excluding hydrogens is 273 g/mol. The van der Waals surface area contributed by atoms with Gasteiger partial charge in [-0.2, -0.15) is 0 Å². The fraction of sp³-hybridized carbons (Fsp3) is 0.417. The first-order valence-electron chi connectivity index (χ1n) is 5.38. The van der Waals surface area contributed by atoms with Gasteiger partial charge in [0.05, 0.1) is 0 Å². The maximum absolute atomic E-state index is 13.1. The Bertz CT molecular complexity index is 388. The quantitative estimate of drug-likeness (QED) is 0.818. The van der Waals surface area contributed by atoms with E-state index >= 15 is 0 Å². The highest BCUT2D eigenvalue weighted by Crippen LogP contribution is 2.19. The zero-order valence-electron chi connectivity index (χ0n) is 8.88. The highest BCUT2D eigenvalue weighted by atomic mass is 79.9. The first-order valence-corrected chi connectivity index (χ1v) is 6.17. The number of benzene rings is 1. The van der Waals surface area contributed by atoms with Gasteiger partial charge < -0.3 is 4.90 Å². The van der Waals surface area contributed by atoms with Crippen LogP contribution in [0.15, 0.2) is 22.7 Å². The molecule has 0 bridgehead atoms. The molecule has 1 aromatic rings. The van der Waals surface area contributed by atoms with Crippen molar-refractivity contribution in [3.05, 3.63) is 34.1 Å². The van der Waals surface area contributed by atoms with Crippen LogP contribution in [-0.4, -0.2) is 17.4 Å². The Morgan fingerprint density at radius 2 is 2.12 bits per heavy atom. The minimum atomic E-state index is -0.270. The molecule has 1 fully saturated rings. The van der Waals surface area contributed by atoms with E-state index in [1.54, 1.807) is 4.90 Å². The molecule has 0 unspecified atom stereocenters. The summed E-state index contributed by atoms with van der Waals surface area (Å²) in [6.07, 6.45) is 2.64. The molecule has 1 heterocycles. The topological polar surface area (TPSA) is 20.3 Å². The average molecular weight is 286 g/mol. The third-order valence-electron chi connectivity index (χ3n) is 2.72. The molecule has 0 spiro atoms. The Morgan fingerprint density at radius 3 is 2.81 bits per heavy atom. The number of rotatable bonds is 2. The Kier molecular flexibility index (Phi) is 3.59. The van der Waals surface area contributed by atoms with E-state index in [1.807, 2.05) is 6.07 Å². The lowest BCUT2D eigenvalue weighted by molar-refractivity contribution is -0.133. The van der Waals surface area contributed by atoms with Crippen LogP contribution in [0.3, 0.4) is 0 Å². The summed E-state index contributed by atoms with van der Waals surface area (Å²) in [7, 11) is 0. The van der Waals surface area contributed by atoms with E-state index in [0.29, 0.717) is 17.4 Å². The van der Waals surface area contributed by atoms with E-state index in [9.17, 15) is 9.18 Å². The monoisotopic (exact) mass is 285 g/mol. The third-order valence-corrected chi connectivity index (χ3v) is 3.17. The van der Waals surface area contributed by atoms with E-state index in [2.05, 4.69) is 15.9 Å². The summed E-state index contributed by atoms with van der Waals surface area (Å²) in [5.74, 6) is -0.0968. The SMILES string of the molecule is O=C1CCCCN1Cc1cc(F)cc(Br)c1. The lowest BCUT2D eigenvalue weighted by Gasteiger charge is -2.26. The van der Waals surface area contributed by atoms with E-state index in [1.165, 1.54) is 12.1 Å². The van der Waals surface area contributed by atoms with Gasteiger partial charge in [0.15, 0.2) is 0 Å². The maximum Gasteiger partial charge on any atom is 0.222 e. The largest absolute Gasteiger partial charge is 0.338 e. The highest BCUT2D eigenvalue weighted by molar-refractivity contribution is 9.10. The zero-order valence-corrected chi connectivity index (χ0v) is 10.5. The number of halogens is 2. The summed E-state index contributed by atoms with van der Waals surface area (Å²) in [5.41, 5.74) is 0.835. The summed E-state index contributed by atoms with van der Waals surface area (Å²) in [6, 6.07) is 4.75. The maximum atomic E-state index is 13.1. The van der Waals surface area contributed by atoms with Gasteiger partial charge in [-0.25, -0.2) is 4.39 Å². The molecule has 4 heteroatoms. The minimum absolute atomic E-state index is 0.173. The predicted molar refractivity (Wildman–Crippen MR) is 63.4 cm³/mol. The summed E-state index contributed by atoms with van der Waals surface area (Å²) in [5, 5.41) is 0. The summed E-state index contributed by atoms with van der Waals surface area (Å²) in [4.78, 5) is 13.4. The molecule has 0 saturated carbocycles. The van der Waals surface area contributed by atoms with Crippen molar-refractivity contribution in [3.63, 3.8) is 0 Å². The van der Waals surface area contributed by atoms with Crippen molar-refractivity contribution >= 4 is 21.8 Å². The lowest BCUT2D eigenvalue weighted by Crippen LogP contribution is -2.34. The van der Waals surface area contributed by atoms with Crippen LogP contribution >= 0.6 is 15.9 Å². The number of piperidine rings is 1. The van der Waals surface area contributed by atoms with Crippen molar-refractivity contribution in [2.75, 3.05) is 6.54 Å². The molecule has 1 aliphatic heterocycles. The van der Waals surface area contributed by atoms with Crippen LogP contribution < -0.4 is 0 Å². The Labute approximate surface area is 103 Å². The molecule has 1 aromatic carbocycles. The molecule has 16 heavy (non-hydrogen) atoms. The highest BCUT2D eigenvalue weighted by Gasteiger charge is 2.18. The van der Waals surface area contributed by atoms with Crippen molar-refractivity contribution in [2.24, 2.45) is 0 Å². The van der Waals surface area contributed by atoms with Crippen molar-refractivity contribution in [1.82, 2.24) is 4.90 Å². The molecule has 1 saturated heterocycles. The third kappa shape index (κ3) is 2.82. The molecule has 0 radical (unpaired) electrons. The first-order chi connectivity index (χ1) is 7.65. The summed E-state index contributed by atoms with van der Waals surface area (Å²) >= 11 is 3.25. The van der Waals surface area contributed by atoms with Gasteiger partial charge in [0.2, 0.25) is 5.91 Å². The van der Waals surface area contributed by atoms with Gasteiger partial charge in [0.25, 0.3) is 0 Å². The number of likely N-dealkylation sites (tertiary alicyclic amines) is 1. The predicted octanol–water partition coefficient (Wildman–Crippen LogP) is 3.10. The van der Waals surface area contributed by atoms with Crippen LogP contribution in [0.25, 0.3) is 0 Å². The van der Waals surface area contributed by atoms with Gasteiger partial charge >= 0.3 is 0 Å². The molecule has 86 valence electrons. The number of carbonyl (C=O) groups is 1. The second kappa shape index (κ2) is 4.95. The second-order valence-electron chi connectivity index (χ2n) is 4.05. The van der Waals surface area contributed by atoms with Crippen molar-refractivity contribution in [3.8, 4) is 0 Å². The van der Waals surface area contributed by atoms with Gasteiger partial charge in [-0.1, -0.05) is 15.9 Å². The molecule has 0 atom stereocenters. The first kappa shape index (κ1) is 11.6. The van der Waals surface area contributed by atoms with Crippen LogP contribution in [-0.2, 0) is 11.3 Å². The number of carbonyl (C=O) groups excluding carboxylic acids is 1. The van der Waals surface area contributed by atoms with Crippen molar-refractivity contribution in [1.29, 1.82) is 0 Å². The van der Waals surface area contributed by atoms with Crippen LogP contribution in [0.1, 0.15) is 24.8 Å². The summed E-state index contributed by atoms with van der Waals surface area (Å²) < 4.78 is 13.9. The fourth-order valence-electron chi connectivity index (χ4n) is 1.95. The van der Waals surface area contributed by atoms with Gasteiger partial charge in [-0.3, -0.25) is 4.79 Å². The Morgan fingerprint density at radius 1 is 1.31 bits per heavy atom. The molecule has 1 aliphatic rings. The number of amides is 1. The van der Waals surface area contributed by atoms with Crippen LogP contribution in [0.4, 0.5) is 4.39 Å². The zero-order chi connectivity index (χ0) is 11.5. The van der Waals surface area contributed by atoms with Gasteiger partial charge in [0, 0.05) is 24.0 Å². The van der Waals surface area contributed by atoms with Crippen LogP contribution in [0.2, 0.25) is 0 Å². The van der Waals surface area contributed by atoms with Gasteiger partial charge in [0.1, 0.15) is 5.82 Å². The molecule has 0 aromatic heterocycles. The van der Waals surface area contributed by atoms with Crippen molar-refractivity contribution < 1.29 is 9.18 Å². The van der Waals surface area contributed by atoms with E-state index < -0.39 is 0 Å². The summed E-state index contributed by atoms with van der Waals surface area (Å²) in [6.45, 7) is 1.29. The lowest BCUT2D eigenvalue weighted by atomic mass is 10.1. The fourth-order valence-corrected chi connectivity index (χ4v) is 2.46. The second-order valence-corrected chi connectivity index (χ2v) is 4.97. The normalized spacial score (nSPS) is 16.6. The Balaban J connectivity index is 2.10. The van der Waals surface area contributed by atoms with Gasteiger partial charge in [-0.15, -0.1) is 0 Å².